The van der Waals surface area contributed by atoms with Gasteiger partial charge in [0.25, 0.3) is 0 Å². The van der Waals surface area contributed by atoms with Crippen LogP contribution < -0.4 is 0 Å². The molecule has 0 aliphatic rings. The molecule has 0 aliphatic heterocycles. The Bertz CT molecular complexity index is 703. The van der Waals surface area contributed by atoms with Crippen molar-refractivity contribution in [3.63, 3.8) is 0 Å². The monoisotopic (exact) mass is 408 g/mol. The molecule has 0 radical (unpaired) electrons. The van der Waals surface area contributed by atoms with E-state index in [0.717, 1.165) is 0 Å². The van der Waals surface area contributed by atoms with Crippen LogP contribution in [0.4, 0.5) is 37.7 Å². The van der Waals surface area contributed by atoms with Gasteiger partial charge in [-0.1, -0.05) is 36.4 Å². The van der Waals surface area contributed by atoms with Gasteiger partial charge in [0, 0.05) is 0 Å². The van der Waals surface area contributed by atoms with Crippen LogP contribution in [0, 0.1) is 0 Å². The number of nitrogens with zero attached hydrogens (tertiary/aromatic N) is 2. The maximum Gasteiger partial charge on any atom is 0.440 e. The number of para-hydroxylation sites is 2. The summed E-state index contributed by atoms with van der Waals surface area (Å²) in [7, 11) is -0.263. The van der Waals surface area contributed by atoms with Gasteiger partial charge in [-0.3, -0.25) is 0 Å². The summed E-state index contributed by atoms with van der Waals surface area (Å²) in [5.41, 5.74) is -0.0250. The standard InChI is InChI=1S/C16H10F6N2S2/c17-15(18,19)13(23-11-7-3-1-4-8-11)25-26-14(16(20,21)22)24-12-9-5-2-6-10-12/h1-10H. The van der Waals surface area contributed by atoms with Crippen LogP contribution in [0.1, 0.15) is 0 Å². The van der Waals surface area contributed by atoms with Crippen molar-refractivity contribution in [2.45, 2.75) is 12.4 Å². The zero-order valence-corrected chi connectivity index (χ0v) is 14.4. The van der Waals surface area contributed by atoms with Crippen LogP contribution in [-0.4, -0.2) is 22.4 Å². The lowest BCUT2D eigenvalue weighted by molar-refractivity contribution is -0.0564. The Balaban J connectivity index is 2.27. The summed E-state index contributed by atoms with van der Waals surface area (Å²) < 4.78 is 78.6. The highest BCUT2D eigenvalue weighted by Gasteiger charge is 2.41. The summed E-state index contributed by atoms with van der Waals surface area (Å²) in [6, 6.07) is 14.3. The van der Waals surface area contributed by atoms with E-state index in [1.807, 2.05) is 0 Å². The molecular weight excluding hydrogens is 398 g/mol. The molecule has 0 amide bonds. The van der Waals surface area contributed by atoms with E-state index in [1.54, 1.807) is 12.1 Å². The van der Waals surface area contributed by atoms with Crippen molar-refractivity contribution in [2.75, 3.05) is 0 Å². The van der Waals surface area contributed by atoms with Gasteiger partial charge in [-0.05, 0) is 45.9 Å². The van der Waals surface area contributed by atoms with Gasteiger partial charge in [-0.15, -0.1) is 0 Å². The second kappa shape index (κ2) is 8.63. The third-order valence-electron chi connectivity index (χ3n) is 2.66. The Hall–Kier alpha value is -1.94. The van der Waals surface area contributed by atoms with Crippen LogP contribution >= 0.6 is 21.6 Å². The van der Waals surface area contributed by atoms with Crippen LogP contribution in [-0.2, 0) is 0 Å². The Labute approximate surface area is 152 Å². The van der Waals surface area contributed by atoms with Crippen molar-refractivity contribution in [3.05, 3.63) is 60.7 Å². The molecule has 2 aromatic rings. The van der Waals surface area contributed by atoms with Gasteiger partial charge >= 0.3 is 12.4 Å². The molecule has 0 aromatic heterocycles. The van der Waals surface area contributed by atoms with E-state index < -0.39 is 22.4 Å². The number of alkyl halides is 6. The SMILES string of the molecule is FC(F)(F)C(=Nc1ccccc1)SSC(=Nc1ccccc1)C(F)(F)F. The zero-order valence-electron chi connectivity index (χ0n) is 12.8. The first kappa shape index (κ1) is 20.4. The molecule has 2 rings (SSSR count). The molecule has 0 unspecified atom stereocenters. The average molecular weight is 408 g/mol. The number of hydrogen-bond donors (Lipinski definition) is 0. The van der Waals surface area contributed by atoms with E-state index in [2.05, 4.69) is 9.98 Å². The maximum absolute atomic E-state index is 13.1. The predicted octanol–water partition coefficient (Wildman–Crippen LogP) is 6.95. The largest absolute Gasteiger partial charge is 0.440 e. The second-order valence-corrected chi connectivity index (χ2v) is 6.77. The van der Waals surface area contributed by atoms with Crippen LogP contribution in [0.15, 0.2) is 70.6 Å². The zero-order chi connectivity index (χ0) is 19.2. The molecule has 0 aliphatic carbocycles. The van der Waals surface area contributed by atoms with Gasteiger partial charge in [-0.25, -0.2) is 9.98 Å². The molecule has 0 atom stereocenters. The van der Waals surface area contributed by atoms with Crippen molar-refractivity contribution >= 4 is 43.1 Å². The Kier molecular flexibility index (Phi) is 6.76. The van der Waals surface area contributed by atoms with Gasteiger partial charge in [-0.2, -0.15) is 26.3 Å². The Morgan fingerprint density at radius 3 is 1.15 bits per heavy atom. The van der Waals surface area contributed by atoms with E-state index in [0.29, 0.717) is 0 Å². The second-order valence-electron chi connectivity index (χ2n) is 4.67. The minimum Gasteiger partial charge on any atom is -0.236 e. The minimum absolute atomic E-state index is 0.0125. The lowest BCUT2D eigenvalue weighted by Gasteiger charge is -2.12. The molecule has 0 bridgehead atoms. The van der Waals surface area contributed by atoms with Crippen LogP contribution in [0.25, 0.3) is 0 Å². The average Bonchev–Trinajstić information content (AvgIpc) is 2.57. The number of hydrogen-bond acceptors (Lipinski definition) is 4. The molecular formula is C16H10F6N2S2. The molecule has 2 nitrogen and oxygen atoms in total. The summed E-state index contributed by atoms with van der Waals surface area (Å²) >= 11 is 0. The molecule has 0 heterocycles. The quantitative estimate of drug-likeness (QED) is 0.232. The fourth-order valence-corrected chi connectivity index (χ4v) is 3.47. The van der Waals surface area contributed by atoms with E-state index in [9.17, 15) is 26.3 Å². The lowest BCUT2D eigenvalue weighted by Crippen LogP contribution is -2.22. The third-order valence-corrected chi connectivity index (χ3v) is 4.90. The number of rotatable bonds is 2. The van der Waals surface area contributed by atoms with E-state index >= 15 is 0 Å². The van der Waals surface area contributed by atoms with Crippen molar-refractivity contribution < 1.29 is 26.3 Å². The Morgan fingerprint density at radius 2 is 0.885 bits per heavy atom. The van der Waals surface area contributed by atoms with Crippen LogP contribution in [0.3, 0.4) is 0 Å². The van der Waals surface area contributed by atoms with E-state index in [-0.39, 0.29) is 33.0 Å². The first-order chi connectivity index (χ1) is 12.2. The minimum atomic E-state index is -4.89. The molecule has 0 saturated carbocycles. The van der Waals surface area contributed by atoms with Crippen molar-refractivity contribution in [3.8, 4) is 0 Å². The molecule has 0 spiro atoms. The summed E-state index contributed by atoms with van der Waals surface area (Å²) in [5, 5.41) is -2.81. The molecule has 0 saturated heterocycles. The molecule has 0 fully saturated rings. The summed E-state index contributed by atoms with van der Waals surface area (Å²) in [6.07, 6.45) is -9.78. The highest BCUT2D eigenvalue weighted by Crippen LogP contribution is 2.40. The highest BCUT2D eigenvalue weighted by molar-refractivity contribution is 8.87. The van der Waals surface area contributed by atoms with Gasteiger partial charge in [0.1, 0.15) is 0 Å². The molecule has 10 heteroatoms. The fraction of sp³-hybridized carbons (Fsp3) is 0.125. The topological polar surface area (TPSA) is 24.7 Å². The lowest BCUT2D eigenvalue weighted by atomic mass is 10.3. The van der Waals surface area contributed by atoms with Gasteiger partial charge in [0.2, 0.25) is 0 Å². The molecule has 0 N–H and O–H groups in total. The molecule has 138 valence electrons. The number of benzene rings is 2. The molecule has 2 aromatic carbocycles. The smallest absolute Gasteiger partial charge is 0.236 e. The van der Waals surface area contributed by atoms with Crippen molar-refractivity contribution in [2.24, 2.45) is 9.98 Å². The van der Waals surface area contributed by atoms with Crippen molar-refractivity contribution in [1.82, 2.24) is 0 Å². The maximum atomic E-state index is 13.1. The number of halogens is 6. The van der Waals surface area contributed by atoms with Crippen LogP contribution in [0.2, 0.25) is 0 Å². The van der Waals surface area contributed by atoms with E-state index in [1.165, 1.54) is 48.5 Å². The predicted molar refractivity (Wildman–Crippen MR) is 94.4 cm³/mol. The molecule has 26 heavy (non-hydrogen) atoms. The third kappa shape index (κ3) is 6.41. The fourth-order valence-electron chi connectivity index (χ4n) is 1.58. The summed E-state index contributed by atoms with van der Waals surface area (Å²) in [4.78, 5) is 6.80. The Morgan fingerprint density at radius 1 is 0.577 bits per heavy atom. The first-order valence-corrected chi connectivity index (χ1v) is 9.07. The van der Waals surface area contributed by atoms with Gasteiger partial charge < -0.3 is 0 Å². The highest BCUT2D eigenvalue weighted by atomic mass is 33.1. The van der Waals surface area contributed by atoms with Gasteiger partial charge in [0.05, 0.1) is 11.4 Å². The first-order valence-electron chi connectivity index (χ1n) is 6.92. The van der Waals surface area contributed by atoms with Crippen molar-refractivity contribution in [1.29, 1.82) is 0 Å². The summed E-state index contributed by atoms with van der Waals surface area (Å²) in [5.74, 6) is 0. The van der Waals surface area contributed by atoms with Crippen LogP contribution in [0.5, 0.6) is 0 Å². The normalized spacial score (nSPS) is 13.8. The van der Waals surface area contributed by atoms with E-state index in [4.69, 9.17) is 0 Å². The summed E-state index contributed by atoms with van der Waals surface area (Å²) in [6.45, 7) is 0. The van der Waals surface area contributed by atoms with Gasteiger partial charge in [0.15, 0.2) is 10.1 Å². The number of aliphatic imine (C=N–C) groups is 2.